The summed E-state index contributed by atoms with van der Waals surface area (Å²) in [6.07, 6.45) is 0.166. The maximum Gasteiger partial charge on any atom is 0.308 e. The maximum absolute atomic E-state index is 12.4. The van der Waals surface area contributed by atoms with Gasteiger partial charge in [0.25, 0.3) is 0 Å². The Morgan fingerprint density at radius 1 is 1.36 bits per heavy atom. The van der Waals surface area contributed by atoms with E-state index >= 15 is 0 Å². The Bertz CT molecular complexity index is 573. The van der Waals surface area contributed by atoms with E-state index in [1.807, 2.05) is 30.3 Å². The number of nitrogens with zero attached hydrogens (tertiary/aromatic N) is 2. The highest BCUT2D eigenvalue weighted by atomic mass is 16.4. The van der Waals surface area contributed by atoms with Crippen LogP contribution in [0.25, 0.3) is 0 Å². The number of anilines is 1. The summed E-state index contributed by atoms with van der Waals surface area (Å²) >= 11 is 0. The monoisotopic (exact) mass is 304 g/mol. The Hall–Kier alpha value is -2.37. The molecule has 1 aliphatic rings. The highest BCUT2D eigenvalue weighted by molar-refractivity contribution is 6.00. The minimum absolute atomic E-state index is 0.0794. The minimum atomic E-state index is -0.937. The number of aliphatic carboxylic acids is 1. The highest BCUT2D eigenvalue weighted by Crippen LogP contribution is 2.26. The van der Waals surface area contributed by atoms with E-state index in [1.54, 1.807) is 18.9 Å². The number of hydrogen-bond acceptors (Lipinski definition) is 3. The Balaban J connectivity index is 2.01. The Kier molecular flexibility index (Phi) is 4.80. The Morgan fingerprint density at radius 3 is 2.59 bits per heavy atom. The third-order valence-corrected chi connectivity index (χ3v) is 3.89. The van der Waals surface area contributed by atoms with Crippen LogP contribution in [0.3, 0.4) is 0 Å². The lowest BCUT2D eigenvalue weighted by Crippen LogP contribution is -2.38. The van der Waals surface area contributed by atoms with Gasteiger partial charge in [0.05, 0.1) is 11.8 Å². The summed E-state index contributed by atoms with van der Waals surface area (Å²) in [4.78, 5) is 38.4. The van der Waals surface area contributed by atoms with Crippen molar-refractivity contribution in [3.63, 3.8) is 0 Å². The van der Waals surface area contributed by atoms with Gasteiger partial charge < -0.3 is 14.9 Å². The fourth-order valence-corrected chi connectivity index (χ4v) is 2.62. The third kappa shape index (κ3) is 3.44. The number of para-hydroxylation sites is 1. The van der Waals surface area contributed by atoms with Crippen LogP contribution >= 0.6 is 0 Å². The number of benzene rings is 1. The van der Waals surface area contributed by atoms with E-state index in [9.17, 15) is 14.4 Å². The molecular weight excluding hydrogens is 284 g/mol. The molecule has 1 heterocycles. The van der Waals surface area contributed by atoms with Gasteiger partial charge in [-0.25, -0.2) is 0 Å². The molecule has 2 amide bonds. The summed E-state index contributed by atoms with van der Waals surface area (Å²) < 4.78 is 0. The van der Waals surface area contributed by atoms with Crippen molar-refractivity contribution in [1.82, 2.24) is 4.90 Å². The summed E-state index contributed by atoms with van der Waals surface area (Å²) in [7, 11) is 1.58. The average Bonchev–Trinajstić information content (AvgIpc) is 2.89. The maximum atomic E-state index is 12.4. The normalized spacial score (nSPS) is 19.1. The number of amides is 2. The van der Waals surface area contributed by atoms with Crippen LogP contribution in [-0.4, -0.2) is 47.9 Å². The van der Waals surface area contributed by atoms with E-state index < -0.39 is 17.8 Å². The molecule has 1 saturated heterocycles. The molecule has 0 spiro atoms. The average molecular weight is 304 g/mol. The smallest absolute Gasteiger partial charge is 0.308 e. The van der Waals surface area contributed by atoms with Crippen molar-refractivity contribution >= 4 is 23.5 Å². The molecule has 0 aromatic heterocycles. The minimum Gasteiger partial charge on any atom is -0.481 e. The third-order valence-electron chi connectivity index (χ3n) is 3.89. The first kappa shape index (κ1) is 16.0. The van der Waals surface area contributed by atoms with Crippen molar-refractivity contribution in [1.29, 1.82) is 0 Å². The second-order valence-corrected chi connectivity index (χ2v) is 5.70. The predicted molar refractivity (Wildman–Crippen MR) is 81.3 cm³/mol. The van der Waals surface area contributed by atoms with Gasteiger partial charge in [-0.15, -0.1) is 0 Å². The molecule has 2 rings (SSSR count). The molecule has 1 aliphatic heterocycles. The molecule has 1 N–H and O–H groups in total. The number of rotatable bonds is 5. The van der Waals surface area contributed by atoms with E-state index in [0.29, 0.717) is 6.54 Å². The van der Waals surface area contributed by atoms with Gasteiger partial charge in [0.2, 0.25) is 11.8 Å². The summed E-state index contributed by atoms with van der Waals surface area (Å²) in [6, 6.07) is 9.23. The molecule has 6 nitrogen and oxygen atoms in total. The molecule has 1 aromatic rings. The van der Waals surface area contributed by atoms with Gasteiger partial charge in [-0.2, -0.15) is 0 Å². The lowest BCUT2D eigenvalue weighted by molar-refractivity contribution is -0.143. The van der Waals surface area contributed by atoms with E-state index in [-0.39, 0.29) is 24.8 Å². The summed E-state index contributed by atoms with van der Waals surface area (Å²) in [6.45, 7) is 2.04. The van der Waals surface area contributed by atoms with Gasteiger partial charge in [0.15, 0.2) is 0 Å². The van der Waals surface area contributed by atoms with Crippen molar-refractivity contribution in [3.8, 4) is 0 Å². The van der Waals surface area contributed by atoms with Crippen LogP contribution in [0.2, 0.25) is 0 Å². The molecule has 0 radical (unpaired) electrons. The number of carbonyl (C=O) groups is 3. The molecule has 0 unspecified atom stereocenters. The first-order valence-electron chi connectivity index (χ1n) is 7.23. The van der Waals surface area contributed by atoms with Crippen LogP contribution in [0, 0.1) is 11.8 Å². The molecule has 1 fully saturated rings. The largest absolute Gasteiger partial charge is 0.481 e. The van der Waals surface area contributed by atoms with Gasteiger partial charge in [-0.05, 0) is 12.1 Å². The molecule has 0 bridgehead atoms. The second kappa shape index (κ2) is 6.60. The lowest BCUT2D eigenvalue weighted by Gasteiger charge is -2.23. The van der Waals surface area contributed by atoms with Crippen LogP contribution < -0.4 is 4.90 Å². The zero-order chi connectivity index (χ0) is 16.3. The SMILES string of the molecule is C[C@@H](CN(C)C(=O)[C@@H]1CC(=O)N(c2ccccc2)C1)C(=O)O. The van der Waals surface area contributed by atoms with Gasteiger partial charge >= 0.3 is 5.97 Å². The van der Waals surface area contributed by atoms with Crippen LogP contribution in [0.1, 0.15) is 13.3 Å². The fourth-order valence-electron chi connectivity index (χ4n) is 2.62. The topological polar surface area (TPSA) is 77.9 Å². The van der Waals surface area contributed by atoms with Crippen molar-refractivity contribution in [2.75, 3.05) is 25.0 Å². The zero-order valence-corrected chi connectivity index (χ0v) is 12.7. The van der Waals surface area contributed by atoms with Crippen molar-refractivity contribution < 1.29 is 19.5 Å². The molecule has 6 heteroatoms. The van der Waals surface area contributed by atoms with E-state index in [1.165, 1.54) is 4.90 Å². The van der Waals surface area contributed by atoms with Crippen LogP contribution in [0.4, 0.5) is 5.69 Å². The molecule has 0 aliphatic carbocycles. The van der Waals surface area contributed by atoms with E-state index in [0.717, 1.165) is 5.69 Å². The first-order valence-corrected chi connectivity index (χ1v) is 7.23. The number of carbonyl (C=O) groups excluding carboxylic acids is 2. The summed E-state index contributed by atoms with van der Waals surface area (Å²) in [5, 5.41) is 8.91. The molecule has 2 atom stereocenters. The molecular formula is C16H20N2O4. The molecule has 1 aromatic carbocycles. The van der Waals surface area contributed by atoms with Crippen molar-refractivity contribution in [2.24, 2.45) is 11.8 Å². The Morgan fingerprint density at radius 2 is 2.00 bits per heavy atom. The van der Waals surface area contributed by atoms with Crippen LogP contribution in [0.15, 0.2) is 30.3 Å². The standard InChI is InChI=1S/C16H20N2O4/c1-11(16(21)22)9-17(2)15(20)12-8-14(19)18(10-12)13-6-4-3-5-7-13/h3-7,11-12H,8-10H2,1-2H3,(H,21,22)/t11-,12+/m0/s1. The predicted octanol–water partition coefficient (Wildman–Crippen LogP) is 1.22. The number of hydrogen-bond donors (Lipinski definition) is 1. The fraction of sp³-hybridized carbons (Fsp3) is 0.438. The molecule has 118 valence electrons. The van der Waals surface area contributed by atoms with Gasteiger partial charge in [-0.1, -0.05) is 25.1 Å². The molecule has 0 saturated carbocycles. The van der Waals surface area contributed by atoms with E-state index in [4.69, 9.17) is 5.11 Å². The van der Waals surface area contributed by atoms with Gasteiger partial charge in [-0.3, -0.25) is 14.4 Å². The Labute approximate surface area is 129 Å². The van der Waals surface area contributed by atoms with Gasteiger partial charge in [0.1, 0.15) is 0 Å². The first-order chi connectivity index (χ1) is 10.4. The van der Waals surface area contributed by atoms with Gasteiger partial charge in [0, 0.05) is 32.2 Å². The number of carboxylic acids is 1. The highest BCUT2D eigenvalue weighted by Gasteiger charge is 2.36. The molecule has 22 heavy (non-hydrogen) atoms. The lowest BCUT2D eigenvalue weighted by atomic mass is 10.1. The quantitative estimate of drug-likeness (QED) is 0.887. The van der Waals surface area contributed by atoms with E-state index in [2.05, 4.69) is 0 Å². The van der Waals surface area contributed by atoms with Crippen LogP contribution in [0.5, 0.6) is 0 Å². The van der Waals surface area contributed by atoms with Crippen LogP contribution in [-0.2, 0) is 14.4 Å². The van der Waals surface area contributed by atoms with Crippen molar-refractivity contribution in [3.05, 3.63) is 30.3 Å². The summed E-state index contributed by atoms with van der Waals surface area (Å²) in [5.41, 5.74) is 0.782. The second-order valence-electron chi connectivity index (χ2n) is 5.70. The van der Waals surface area contributed by atoms with Crippen molar-refractivity contribution in [2.45, 2.75) is 13.3 Å². The summed E-state index contributed by atoms with van der Waals surface area (Å²) in [5.74, 6) is -2.24. The number of carboxylic acid groups (broad SMARTS) is 1. The zero-order valence-electron chi connectivity index (χ0n) is 12.7.